The van der Waals surface area contributed by atoms with Gasteiger partial charge < -0.3 is 39.7 Å². The van der Waals surface area contributed by atoms with Crippen LogP contribution in [0, 0.1) is 3.57 Å². The summed E-state index contributed by atoms with van der Waals surface area (Å²) in [5.41, 5.74) is -1.21. The van der Waals surface area contributed by atoms with Crippen molar-refractivity contribution < 1.29 is 39.7 Å². The van der Waals surface area contributed by atoms with Crippen molar-refractivity contribution in [2.24, 2.45) is 0 Å². The zero-order chi connectivity index (χ0) is 20.6. The molecule has 0 spiro atoms. The van der Waals surface area contributed by atoms with Crippen molar-refractivity contribution >= 4 is 22.6 Å². The van der Waals surface area contributed by atoms with Gasteiger partial charge in [0.25, 0.3) is 5.56 Å². The monoisotopic (exact) mass is 516 g/mol. The molecule has 0 saturated carbocycles. The van der Waals surface area contributed by atoms with Gasteiger partial charge in [-0.15, -0.1) is 0 Å². The largest absolute Gasteiger partial charge is 0.394 e. The van der Waals surface area contributed by atoms with E-state index in [9.17, 15) is 35.1 Å². The summed E-state index contributed by atoms with van der Waals surface area (Å²) in [5, 5.41) is 48.8. The quantitative estimate of drug-likeness (QED) is 0.216. The molecule has 6 N–H and O–H groups in total. The Kier molecular flexibility index (Phi) is 6.88. The molecular weight excluding hydrogens is 495 g/mol. The number of aromatic amines is 1. The summed E-state index contributed by atoms with van der Waals surface area (Å²) < 4.78 is 17.6. The molecule has 13 heteroatoms. The van der Waals surface area contributed by atoms with Crippen LogP contribution in [0.4, 0.5) is 0 Å². The van der Waals surface area contributed by atoms with Gasteiger partial charge >= 0.3 is 5.69 Å². The summed E-state index contributed by atoms with van der Waals surface area (Å²) >= 11 is 1.77. The molecular formula is C15H21IN2O10. The number of aromatic nitrogens is 2. The lowest BCUT2D eigenvalue weighted by molar-refractivity contribution is -0.306. The van der Waals surface area contributed by atoms with E-state index in [1.807, 2.05) is 0 Å². The zero-order valence-electron chi connectivity index (χ0n) is 14.4. The minimum atomic E-state index is -1.58. The molecule has 28 heavy (non-hydrogen) atoms. The van der Waals surface area contributed by atoms with E-state index < -0.39 is 67.0 Å². The normalized spacial score (nSPS) is 38.6. The Morgan fingerprint density at radius 3 is 2.54 bits per heavy atom. The number of aliphatic hydroxyl groups excluding tert-OH is 5. The van der Waals surface area contributed by atoms with Crippen molar-refractivity contribution in [2.45, 2.75) is 55.6 Å². The highest BCUT2D eigenvalue weighted by atomic mass is 127. The molecule has 0 aromatic carbocycles. The number of nitrogens with one attached hydrogen (secondary N) is 1. The number of aliphatic hydroxyl groups is 5. The van der Waals surface area contributed by atoms with Crippen LogP contribution in [0.15, 0.2) is 15.8 Å². The van der Waals surface area contributed by atoms with Crippen LogP contribution in [-0.4, -0.2) is 91.2 Å². The smallest absolute Gasteiger partial charge is 0.330 e. The van der Waals surface area contributed by atoms with Crippen molar-refractivity contribution in [3.05, 3.63) is 30.6 Å². The molecule has 0 radical (unpaired) electrons. The van der Waals surface area contributed by atoms with Gasteiger partial charge in [0.2, 0.25) is 0 Å². The van der Waals surface area contributed by atoms with Gasteiger partial charge in [-0.2, -0.15) is 0 Å². The highest BCUT2D eigenvalue weighted by molar-refractivity contribution is 14.1. The van der Waals surface area contributed by atoms with Crippen LogP contribution in [0.1, 0.15) is 12.6 Å². The minimum absolute atomic E-state index is 0.0603. The lowest BCUT2D eigenvalue weighted by Crippen LogP contribution is -2.59. The van der Waals surface area contributed by atoms with Gasteiger partial charge in [-0.25, -0.2) is 4.79 Å². The average molecular weight is 516 g/mol. The van der Waals surface area contributed by atoms with Crippen molar-refractivity contribution in [1.82, 2.24) is 9.55 Å². The van der Waals surface area contributed by atoms with E-state index in [0.717, 1.165) is 4.57 Å². The van der Waals surface area contributed by atoms with Crippen LogP contribution in [0.5, 0.6) is 0 Å². The van der Waals surface area contributed by atoms with Gasteiger partial charge in [0.15, 0.2) is 6.29 Å². The number of H-pyrrole nitrogens is 1. The van der Waals surface area contributed by atoms with Crippen LogP contribution in [0.25, 0.3) is 0 Å². The molecule has 158 valence electrons. The van der Waals surface area contributed by atoms with Crippen LogP contribution in [-0.2, 0) is 14.2 Å². The van der Waals surface area contributed by atoms with Gasteiger partial charge in [0, 0.05) is 12.6 Å². The highest BCUT2D eigenvalue weighted by Gasteiger charge is 2.45. The van der Waals surface area contributed by atoms with Crippen LogP contribution >= 0.6 is 22.6 Å². The fourth-order valence-electron chi connectivity index (χ4n) is 3.11. The van der Waals surface area contributed by atoms with E-state index in [1.165, 1.54) is 6.20 Å². The highest BCUT2D eigenvalue weighted by Crippen LogP contribution is 2.29. The summed E-state index contributed by atoms with van der Waals surface area (Å²) in [4.78, 5) is 25.6. The third kappa shape index (κ3) is 4.31. The van der Waals surface area contributed by atoms with E-state index >= 15 is 0 Å². The number of hydrogen-bond acceptors (Lipinski definition) is 10. The lowest BCUT2D eigenvalue weighted by atomic mass is 9.99. The molecule has 1 aromatic heterocycles. The number of hydrogen-bond donors (Lipinski definition) is 6. The standard InChI is InChI=1S/C15H21IN2O10/c16-5-2-18(15(25)17-13(5)24)9-1-6(20)8(27-9)4-26-14-12(23)11(22)10(21)7(3-19)28-14/h2,6-12,14,19-23H,1,3-4H2,(H,17,24,25)/t6-,7+,8+,9+,10+,11-,12+,14+/m0/s1. The Bertz CT molecular complexity index is 798. The lowest BCUT2D eigenvalue weighted by Gasteiger charge is -2.39. The summed E-state index contributed by atoms with van der Waals surface area (Å²) in [7, 11) is 0. The molecule has 2 aliphatic heterocycles. The topological polar surface area (TPSA) is 184 Å². The Morgan fingerprint density at radius 1 is 1.14 bits per heavy atom. The van der Waals surface area contributed by atoms with Crippen LogP contribution < -0.4 is 11.2 Å². The number of ether oxygens (including phenoxy) is 3. The molecule has 0 aliphatic carbocycles. The van der Waals surface area contributed by atoms with Crippen LogP contribution in [0.3, 0.4) is 0 Å². The maximum Gasteiger partial charge on any atom is 0.330 e. The second kappa shape index (κ2) is 8.85. The third-order valence-electron chi connectivity index (χ3n) is 4.71. The van der Waals surface area contributed by atoms with E-state index in [0.29, 0.717) is 0 Å². The Morgan fingerprint density at radius 2 is 1.86 bits per heavy atom. The van der Waals surface area contributed by atoms with Gasteiger partial charge in [-0.05, 0) is 22.6 Å². The SMILES string of the molecule is O=c1[nH]c(=O)n([C@H]2C[C@H](O)[C@@H](CO[C@@H]3O[C@H](CO)[C@@H](O)[C@H](O)[C@H]3O)O2)cc1I. The fraction of sp³-hybridized carbons (Fsp3) is 0.733. The van der Waals surface area contributed by atoms with Crippen molar-refractivity contribution in [1.29, 1.82) is 0 Å². The summed E-state index contributed by atoms with van der Waals surface area (Å²) in [5.74, 6) is 0. The third-order valence-corrected chi connectivity index (χ3v) is 5.48. The summed E-state index contributed by atoms with van der Waals surface area (Å²) in [6, 6.07) is 0. The van der Waals surface area contributed by atoms with Gasteiger partial charge in [-0.1, -0.05) is 0 Å². The molecule has 12 nitrogen and oxygen atoms in total. The number of nitrogens with zero attached hydrogens (tertiary/aromatic N) is 1. The minimum Gasteiger partial charge on any atom is -0.394 e. The molecule has 0 unspecified atom stereocenters. The molecule has 2 aliphatic rings. The molecule has 3 rings (SSSR count). The Balaban J connectivity index is 1.64. The maximum absolute atomic E-state index is 12.0. The van der Waals surface area contributed by atoms with E-state index in [4.69, 9.17) is 14.2 Å². The van der Waals surface area contributed by atoms with Crippen molar-refractivity contribution in [2.75, 3.05) is 13.2 Å². The predicted molar refractivity (Wildman–Crippen MR) is 98.3 cm³/mol. The Hall–Kier alpha value is -0.910. The fourth-order valence-corrected chi connectivity index (χ4v) is 3.54. The molecule has 2 fully saturated rings. The van der Waals surface area contributed by atoms with Gasteiger partial charge in [0.05, 0.1) is 22.9 Å². The number of rotatable bonds is 5. The van der Waals surface area contributed by atoms with Gasteiger partial charge in [0.1, 0.15) is 36.7 Å². The second-order valence-corrected chi connectivity index (χ2v) is 7.77. The molecule has 1 aromatic rings. The molecule has 3 heterocycles. The molecule has 0 bridgehead atoms. The molecule has 8 atom stereocenters. The van der Waals surface area contributed by atoms with E-state index in [2.05, 4.69) is 4.98 Å². The number of halogens is 1. The predicted octanol–water partition coefficient (Wildman–Crippen LogP) is -3.39. The van der Waals surface area contributed by atoms with Crippen LogP contribution in [0.2, 0.25) is 0 Å². The first-order chi connectivity index (χ1) is 13.2. The zero-order valence-corrected chi connectivity index (χ0v) is 16.6. The average Bonchev–Trinajstić information content (AvgIpc) is 3.02. The summed E-state index contributed by atoms with van der Waals surface area (Å²) in [6.45, 7) is -0.848. The van der Waals surface area contributed by atoms with Crippen molar-refractivity contribution in [3.8, 4) is 0 Å². The van der Waals surface area contributed by atoms with E-state index in [-0.39, 0.29) is 16.6 Å². The van der Waals surface area contributed by atoms with Crippen molar-refractivity contribution in [3.63, 3.8) is 0 Å². The Labute approximate surface area is 171 Å². The first kappa shape index (κ1) is 21.8. The molecule has 2 saturated heterocycles. The maximum atomic E-state index is 12.0. The molecule has 0 amide bonds. The first-order valence-corrected chi connectivity index (χ1v) is 9.57. The van der Waals surface area contributed by atoms with E-state index in [1.54, 1.807) is 22.6 Å². The van der Waals surface area contributed by atoms with Gasteiger partial charge in [-0.3, -0.25) is 14.3 Å². The second-order valence-electron chi connectivity index (χ2n) is 6.61. The summed E-state index contributed by atoms with van der Waals surface area (Å²) in [6.07, 6.45) is -8.49. The first-order valence-electron chi connectivity index (χ1n) is 8.49.